The van der Waals surface area contributed by atoms with E-state index < -0.39 is 0 Å². The summed E-state index contributed by atoms with van der Waals surface area (Å²) >= 11 is 0. The van der Waals surface area contributed by atoms with E-state index in [0.717, 1.165) is 5.75 Å². The fourth-order valence-corrected chi connectivity index (χ4v) is 1.58. The second kappa shape index (κ2) is 7.22. The van der Waals surface area contributed by atoms with E-state index in [9.17, 15) is 4.79 Å². The molecule has 0 heterocycles. The minimum Gasteiger partial charge on any atom is -0.497 e. The molecule has 1 aromatic rings. The van der Waals surface area contributed by atoms with E-state index in [0.29, 0.717) is 12.2 Å². The number of carbonyl (C=O) groups excluding carboxylic acids is 1. The molecule has 0 aromatic heterocycles. The number of nitrogens with two attached hydrogens (primary N) is 1. The predicted octanol–water partition coefficient (Wildman–Crippen LogP) is 1.54. The number of rotatable bonds is 5. The molecule has 2 amide bonds. The van der Waals surface area contributed by atoms with Gasteiger partial charge in [-0.15, -0.1) is 0 Å². The van der Waals surface area contributed by atoms with E-state index in [-0.39, 0.29) is 17.8 Å². The molecule has 0 aliphatic rings. The molecule has 1 atom stereocenters. The first-order chi connectivity index (χ1) is 9.47. The standard InChI is InChI=1S/C13H20N4O3/c1-9(12(14)16-19)8-17(2)13(18)15-10-4-6-11(20-3)7-5-10/h4-7,9,19H,8H2,1-3H3,(H2,14,16)(H,15,18). The van der Waals surface area contributed by atoms with Crippen LogP contribution in [0.25, 0.3) is 0 Å². The van der Waals surface area contributed by atoms with Crippen LogP contribution in [-0.4, -0.2) is 42.7 Å². The van der Waals surface area contributed by atoms with E-state index in [1.54, 1.807) is 45.3 Å². The Kier molecular flexibility index (Phi) is 5.64. The van der Waals surface area contributed by atoms with Crippen LogP contribution in [0.5, 0.6) is 5.75 Å². The maximum atomic E-state index is 12.0. The zero-order chi connectivity index (χ0) is 15.1. The fraction of sp³-hybridized carbons (Fsp3) is 0.385. The molecular weight excluding hydrogens is 260 g/mol. The van der Waals surface area contributed by atoms with Gasteiger partial charge in [0.15, 0.2) is 0 Å². The average Bonchev–Trinajstić information content (AvgIpc) is 2.46. The lowest BCUT2D eigenvalue weighted by molar-refractivity contribution is 0.219. The quantitative estimate of drug-likeness (QED) is 0.329. The molecule has 4 N–H and O–H groups in total. The molecule has 0 bridgehead atoms. The number of hydrogen-bond donors (Lipinski definition) is 3. The van der Waals surface area contributed by atoms with Crippen molar-refractivity contribution in [3.8, 4) is 5.75 Å². The maximum absolute atomic E-state index is 12.0. The van der Waals surface area contributed by atoms with Gasteiger partial charge in [0.25, 0.3) is 0 Å². The first-order valence-electron chi connectivity index (χ1n) is 6.11. The van der Waals surface area contributed by atoms with Gasteiger partial charge in [0.05, 0.1) is 7.11 Å². The summed E-state index contributed by atoms with van der Waals surface area (Å²) in [4.78, 5) is 13.4. The van der Waals surface area contributed by atoms with Crippen LogP contribution in [-0.2, 0) is 0 Å². The van der Waals surface area contributed by atoms with Crippen LogP contribution in [0.15, 0.2) is 29.4 Å². The highest BCUT2D eigenvalue weighted by molar-refractivity contribution is 5.90. The van der Waals surface area contributed by atoms with Crippen LogP contribution in [0.1, 0.15) is 6.92 Å². The molecule has 0 saturated heterocycles. The summed E-state index contributed by atoms with van der Waals surface area (Å²) < 4.78 is 5.04. The highest BCUT2D eigenvalue weighted by atomic mass is 16.5. The Bertz CT molecular complexity index is 473. The van der Waals surface area contributed by atoms with Crippen molar-refractivity contribution in [3.05, 3.63) is 24.3 Å². The molecule has 0 aliphatic heterocycles. The predicted molar refractivity (Wildman–Crippen MR) is 77.2 cm³/mol. The summed E-state index contributed by atoms with van der Waals surface area (Å²) in [6, 6.07) is 6.74. The zero-order valence-electron chi connectivity index (χ0n) is 11.8. The van der Waals surface area contributed by atoms with Crippen LogP contribution in [0.3, 0.4) is 0 Å². The van der Waals surface area contributed by atoms with Crippen LogP contribution in [0, 0.1) is 5.92 Å². The van der Waals surface area contributed by atoms with Gasteiger partial charge in [0.1, 0.15) is 11.6 Å². The number of nitrogens with one attached hydrogen (secondary N) is 1. The van der Waals surface area contributed by atoms with Crippen LogP contribution in [0.4, 0.5) is 10.5 Å². The summed E-state index contributed by atoms with van der Waals surface area (Å²) in [6.45, 7) is 2.12. The van der Waals surface area contributed by atoms with E-state index in [1.807, 2.05) is 0 Å². The number of urea groups is 1. The Morgan fingerprint density at radius 2 is 2.10 bits per heavy atom. The molecule has 1 rings (SSSR count). The van der Waals surface area contributed by atoms with Crippen molar-refractivity contribution in [2.45, 2.75) is 6.92 Å². The van der Waals surface area contributed by atoms with Crippen molar-refractivity contribution >= 4 is 17.6 Å². The summed E-state index contributed by atoms with van der Waals surface area (Å²) in [5, 5.41) is 14.2. The van der Waals surface area contributed by atoms with Gasteiger partial charge >= 0.3 is 6.03 Å². The van der Waals surface area contributed by atoms with Gasteiger partial charge in [-0.25, -0.2) is 4.79 Å². The van der Waals surface area contributed by atoms with Gasteiger partial charge in [-0.05, 0) is 24.3 Å². The molecule has 0 spiro atoms. The van der Waals surface area contributed by atoms with Crippen molar-refractivity contribution in [1.82, 2.24) is 4.90 Å². The van der Waals surface area contributed by atoms with Gasteiger partial charge in [0, 0.05) is 25.2 Å². The van der Waals surface area contributed by atoms with Gasteiger partial charge in [-0.3, -0.25) is 0 Å². The minimum atomic E-state index is -0.271. The highest BCUT2D eigenvalue weighted by Crippen LogP contribution is 2.15. The average molecular weight is 280 g/mol. The largest absolute Gasteiger partial charge is 0.497 e. The molecule has 0 radical (unpaired) electrons. The second-order valence-electron chi connectivity index (χ2n) is 4.47. The SMILES string of the molecule is COc1ccc(NC(=O)N(C)CC(C)C(N)=NO)cc1. The first kappa shape index (κ1) is 15.6. The summed E-state index contributed by atoms with van der Waals surface area (Å²) in [5.74, 6) is 0.581. The monoisotopic (exact) mass is 280 g/mol. The number of oxime groups is 1. The Hall–Kier alpha value is -2.44. The Morgan fingerprint density at radius 3 is 2.60 bits per heavy atom. The van der Waals surface area contributed by atoms with E-state index in [4.69, 9.17) is 15.7 Å². The number of ether oxygens (including phenoxy) is 1. The molecule has 0 saturated carbocycles. The van der Waals surface area contributed by atoms with E-state index in [2.05, 4.69) is 10.5 Å². The lowest BCUT2D eigenvalue weighted by Crippen LogP contribution is -2.38. The Balaban J connectivity index is 2.56. The molecule has 7 heteroatoms. The van der Waals surface area contributed by atoms with Gasteiger partial charge < -0.3 is 25.9 Å². The molecule has 110 valence electrons. The first-order valence-corrected chi connectivity index (χ1v) is 6.11. The fourth-order valence-electron chi connectivity index (χ4n) is 1.58. The molecule has 0 fully saturated rings. The molecular formula is C13H20N4O3. The number of amides is 2. The van der Waals surface area contributed by atoms with Crippen LogP contribution in [0.2, 0.25) is 0 Å². The third kappa shape index (κ3) is 4.34. The molecule has 1 unspecified atom stereocenters. The van der Waals surface area contributed by atoms with Gasteiger partial charge in [-0.1, -0.05) is 12.1 Å². The lowest BCUT2D eigenvalue weighted by Gasteiger charge is -2.21. The third-order valence-corrected chi connectivity index (χ3v) is 2.86. The van der Waals surface area contributed by atoms with Gasteiger partial charge in [-0.2, -0.15) is 0 Å². The summed E-state index contributed by atoms with van der Waals surface area (Å²) in [5.41, 5.74) is 6.14. The minimum absolute atomic E-state index is 0.0918. The molecule has 20 heavy (non-hydrogen) atoms. The number of benzene rings is 1. The maximum Gasteiger partial charge on any atom is 0.321 e. The van der Waals surface area contributed by atoms with E-state index >= 15 is 0 Å². The van der Waals surface area contributed by atoms with Crippen molar-refractivity contribution in [1.29, 1.82) is 0 Å². The van der Waals surface area contributed by atoms with Crippen molar-refractivity contribution in [3.63, 3.8) is 0 Å². The topological polar surface area (TPSA) is 100 Å². The number of carbonyl (C=O) groups is 1. The number of nitrogens with zero attached hydrogens (tertiary/aromatic N) is 2. The van der Waals surface area contributed by atoms with Crippen LogP contribution < -0.4 is 15.8 Å². The number of amidine groups is 1. The Morgan fingerprint density at radius 1 is 1.50 bits per heavy atom. The van der Waals surface area contributed by atoms with Crippen LogP contribution >= 0.6 is 0 Å². The second-order valence-corrected chi connectivity index (χ2v) is 4.47. The third-order valence-electron chi connectivity index (χ3n) is 2.86. The number of anilines is 1. The Labute approximate surface area is 118 Å². The van der Waals surface area contributed by atoms with Crippen molar-refractivity contribution < 1.29 is 14.7 Å². The summed E-state index contributed by atoms with van der Waals surface area (Å²) in [7, 11) is 3.22. The van der Waals surface area contributed by atoms with Crippen molar-refractivity contribution in [2.24, 2.45) is 16.8 Å². The molecule has 1 aromatic carbocycles. The molecule has 0 aliphatic carbocycles. The van der Waals surface area contributed by atoms with E-state index in [1.165, 1.54) is 4.90 Å². The normalized spacial score (nSPS) is 12.7. The number of hydrogen-bond acceptors (Lipinski definition) is 4. The zero-order valence-corrected chi connectivity index (χ0v) is 11.8. The lowest BCUT2D eigenvalue weighted by atomic mass is 10.1. The van der Waals surface area contributed by atoms with Crippen molar-refractivity contribution in [2.75, 3.05) is 26.0 Å². The molecule has 7 nitrogen and oxygen atoms in total. The summed E-state index contributed by atoms with van der Waals surface area (Å²) in [6.07, 6.45) is 0. The highest BCUT2D eigenvalue weighted by Gasteiger charge is 2.15. The smallest absolute Gasteiger partial charge is 0.321 e. The number of methoxy groups -OCH3 is 1. The van der Waals surface area contributed by atoms with Gasteiger partial charge in [0.2, 0.25) is 0 Å².